The lowest BCUT2D eigenvalue weighted by atomic mass is 9.84. The first kappa shape index (κ1) is 17.5. The van der Waals surface area contributed by atoms with Gasteiger partial charge in [0.2, 0.25) is 0 Å². The van der Waals surface area contributed by atoms with Crippen molar-refractivity contribution in [3.63, 3.8) is 0 Å². The minimum Gasteiger partial charge on any atom is -0.456 e. The first-order valence-corrected chi connectivity index (χ1v) is 15.3. The maximum atomic E-state index is 9.88. The molecular formula is C46H28O. The number of rotatable bonds is 3. The Kier molecular flexibility index (Phi) is 3.79. The van der Waals surface area contributed by atoms with E-state index in [1.165, 1.54) is 0 Å². The molecule has 1 heteroatoms. The molecule has 0 unspecified atom stereocenters. The van der Waals surface area contributed by atoms with E-state index in [9.17, 15) is 2.74 Å². The molecule has 0 radical (unpaired) electrons. The summed E-state index contributed by atoms with van der Waals surface area (Å²) >= 11 is 0. The van der Waals surface area contributed by atoms with Crippen molar-refractivity contribution in [3.05, 3.63) is 170 Å². The van der Waals surface area contributed by atoms with Crippen molar-refractivity contribution >= 4 is 65.0 Å². The van der Waals surface area contributed by atoms with Crippen molar-refractivity contribution in [3.8, 4) is 33.4 Å². The van der Waals surface area contributed by atoms with Crippen LogP contribution in [0, 0.1) is 0 Å². The average molecular weight is 608 g/mol. The summed E-state index contributed by atoms with van der Waals surface area (Å²) in [7, 11) is 0. The van der Waals surface area contributed by atoms with Crippen molar-refractivity contribution < 1.29 is 19.5 Å². The summed E-state index contributed by atoms with van der Waals surface area (Å²) in [5.41, 5.74) is 3.07. The average Bonchev–Trinajstić information content (AvgIpc) is 3.59. The molecule has 1 aromatic heterocycles. The predicted molar refractivity (Wildman–Crippen MR) is 200 cm³/mol. The molecule has 1 nitrogen and oxygen atoms in total. The number of furan rings is 1. The van der Waals surface area contributed by atoms with Crippen LogP contribution in [0.1, 0.15) is 15.1 Å². The Morgan fingerprint density at radius 2 is 0.979 bits per heavy atom. The molecule has 10 aromatic rings. The molecule has 0 N–H and O–H groups in total. The molecule has 0 amide bonds. The molecule has 0 atom stereocenters. The monoisotopic (exact) mass is 607 g/mol. The SMILES string of the molecule is [2H]c1c([2H])c([2H])c(-c2c([2H])c(-c3c4ccccc4c(-c4ccc5oc6cc7ccccc7cc6c5c4)c4ccccc34)c([2H])c3c([2H])c([2H])c([2H])c([2H])c23)c([2H])c1[2H]. The molecule has 47 heavy (non-hydrogen) atoms. The highest BCUT2D eigenvalue weighted by Crippen LogP contribution is 2.46. The van der Waals surface area contributed by atoms with E-state index in [0.717, 1.165) is 54.6 Å². The van der Waals surface area contributed by atoms with E-state index in [4.69, 9.17) is 16.8 Å². The fourth-order valence-corrected chi connectivity index (χ4v) is 6.95. The lowest BCUT2D eigenvalue weighted by molar-refractivity contribution is 0.669. The normalized spacial score (nSPS) is 15.1. The van der Waals surface area contributed by atoms with E-state index in [1.807, 2.05) is 78.9 Å². The summed E-state index contributed by atoms with van der Waals surface area (Å²) in [5, 5.41) is 6.44. The Morgan fingerprint density at radius 3 is 1.70 bits per heavy atom. The fraction of sp³-hybridized carbons (Fsp3) is 0. The van der Waals surface area contributed by atoms with Crippen LogP contribution in [0.15, 0.2) is 174 Å². The molecule has 10 rings (SSSR count). The molecule has 0 aliphatic heterocycles. The van der Waals surface area contributed by atoms with Gasteiger partial charge in [0.1, 0.15) is 11.2 Å². The summed E-state index contributed by atoms with van der Waals surface area (Å²) in [4.78, 5) is 0. The van der Waals surface area contributed by atoms with Crippen molar-refractivity contribution in [2.24, 2.45) is 0 Å². The van der Waals surface area contributed by atoms with E-state index >= 15 is 0 Å². The first-order valence-electron chi connectivity index (χ1n) is 20.8. The van der Waals surface area contributed by atoms with Gasteiger partial charge in [0.25, 0.3) is 0 Å². The molecule has 218 valence electrons. The van der Waals surface area contributed by atoms with Gasteiger partial charge in [-0.25, -0.2) is 0 Å². The van der Waals surface area contributed by atoms with Gasteiger partial charge in [0.05, 0.1) is 15.1 Å². The summed E-state index contributed by atoms with van der Waals surface area (Å²) in [6, 6.07) is 27.3. The molecule has 0 aliphatic carbocycles. The van der Waals surface area contributed by atoms with Gasteiger partial charge in [-0.15, -0.1) is 0 Å². The van der Waals surface area contributed by atoms with Crippen molar-refractivity contribution in [1.29, 1.82) is 0 Å². The Balaban J connectivity index is 1.36. The highest BCUT2D eigenvalue weighted by Gasteiger charge is 2.19. The minimum absolute atomic E-state index is 0.00134. The Morgan fingerprint density at radius 1 is 0.383 bits per heavy atom. The van der Waals surface area contributed by atoms with Gasteiger partial charge in [0, 0.05) is 10.8 Å². The van der Waals surface area contributed by atoms with Crippen molar-refractivity contribution in [1.82, 2.24) is 0 Å². The van der Waals surface area contributed by atoms with Crippen LogP contribution in [0.3, 0.4) is 0 Å². The van der Waals surface area contributed by atoms with Crippen molar-refractivity contribution in [2.75, 3.05) is 0 Å². The second-order valence-corrected chi connectivity index (χ2v) is 11.6. The molecule has 1 heterocycles. The van der Waals surface area contributed by atoms with Crippen LogP contribution >= 0.6 is 0 Å². The van der Waals surface area contributed by atoms with Gasteiger partial charge in [-0.3, -0.25) is 0 Å². The largest absolute Gasteiger partial charge is 0.456 e. The maximum Gasteiger partial charge on any atom is 0.136 e. The van der Waals surface area contributed by atoms with E-state index < -0.39 is 60.4 Å². The van der Waals surface area contributed by atoms with Crippen LogP contribution in [-0.2, 0) is 0 Å². The van der Waals surface area contributed by atoms with E-state index in [2.05, 4.69) is 24.3 Å². The predicted octanol–water partition coefficient (Wildman–Crippen LogP) is 13.2. The van der Waals surface area contributed by atoms with Crippen molar-refractivity contribution in [2.45, 2.75) is 0 Å². The Labute approximate surface area is 287 Å². The number of hydrogen-bond acceptors (Lipinski definition) is 1. The van der Waals surface area contributed by atoms with E-state index in [-0.39, 0.29) is 33.5 Å². The second kappa shape index (κ2) is 10.2. The molecule has 0 saturated carbocycles. The molecule has 0 bridgehead atoms. The number of benzene rings is 9. The third-order valence-corrected chi connectivity index (χ3v) is 9.00. The van der Waals surface area contributed by atoms with E-state index in [1.54, 1.807) is 0 Å². The zero-order valence-corrected chi connectivity index (χ0v) is 24.7. The van der Waals surface area contributed by atoms with Crippen LogP contribution in [0.4, 0.5) is 0 Å². The smallest absolute Gasteiger partial charge is 0.136 e. The third-order valence-electron chi connectivity index (χ3n) is 9.00. The molecule has 0 aliphatic rings. The zero-order valence-electron chi connectivity index (χ0n) is 35.7. The molecule has 9 aromatic carbocycles. The molecular weight excluding hydrogens is 569 g/mol. The van der Waals surface area contributed by atoms with Gasteiger partial charge in [-0.1, -0.05) is 133 Å². The molecule has 0 fully saturated rings. The fourth-order valence-electron chi connectivity index (χ4n) is 6.95. The van der Waals surface area contributed by atoms with E-state index in [0.29, 0.717) is 16.3 Å². The summed E-state index contributed by atoms with van der Waals surface area (Å²) in [5.74, 6) is 0. The lowest BCUT2D eigenvalue weighted by Crippen LogP contribution is -1.92. The summed E-state index contributed by atoms with van der Waals surface area (Å²) < 4.78 is 104. The van der Waals surface area contributed by atoms with Gasteiger partial charge < -0.3 is 4.42 Å². The van der Waals surface area contributed by atoms with Crippen LogP contribution in [-0.4, -0.2) is 0 Å². The van der Waals surface area contributed by atoms with Crippen LogP contribution in [0.25, 0.3) is 98.4 Å². The number of hydrogen-bond donors (Lipinski definition) is 0. The topological polar surface area (TPSA) is 13.1 Å². The van der Waals surface area contributed by atoms with Gasteiger partial charge in [-0.2, -0.15) is 0 Å². The van der Waals surface area contributed by atoms with Gasteiger partial charge >= 0.3 is 0 Å². The van der Waals surface area contributed by atoms with Crippen LogP contribution in [0.2, 0.25) is 0 Å². The van der Waals surface area contributed by atoms with Gasteiger partial charge in [-0.05, 0) is 113 Å². The standard InChI is InChI=1S/C46H28O/c1-2-12-29(13-3-1)40-27-34(24-32-16-6-7-17-35(32)40)46-38-20-10-8-18-36(38)45(37-19-9-11-21-39(37)46)33-22-23-43-41(26-33)42-25-30-14-4-5-15-31(30)28-44(42)47-43/h1-28H/i1D,2D,3D,6D,7D,12D,13D,16D,17D,24D,27D. The maximum absolute atomic E-state index is 9.88. The van der Waals surface area contributed by atoms with Crippen LogP contribution in [0.5, 0.6) is 0 Å². The minimum atomic E-state index is -0.656. The first-order chi connectivity index (χ1) is 27.9. The lowest BCUT2D eigenvalue weighted by Gasteiger charge is -2.19. The Hall–Kier alpha value is -6.18. The molecule has 0 spiro atoms. The third kappa shape index (κ3) is 4.03. The highest BCUT2D eigenvalue weighted by atomic mass is 16.3. The summed E-state index contributed by atoms with van der Waals surface area (Å²) in [6.07, 6.45) is 0. The second-order valence-electron chi connectivity index (χ2n) is 11.6. The zero-order chi connectivity index (χ0) is 40.5. The quantitative estimate of drug-likeness (QED) is 0.182. The van der Waals surface area contributed by atoms with Crippen LogP contribution < -0.4 is 0 Å². The highest BCUT2D eigenvalue weighted by molar-refractivity contribution is 6.23. The Bertz CT molecular complexity index is 3390. The number of fused-ring (bicyclic) bond motifs is 7. The molecule has 0 saturated heterocycles. The van der Waals surface area contributed by atoms with Gasteiger partial charge in [0.15, 0.2) is 0 Å². The summed E-state index contributed by atoms with van der Waals surface area (Å²) in [6.45, 7) is 0.